The van der Waals surface area contributed by atoms with Crippen LogP contribution in [0.1, 0.15) is 29.9 Å². The van der Waals surface area contributed by atoms with Gasteiger partial charge in [-0.2, -0.15) is 15.2 Å². The Morgan fingerprint density at radius 3 is 2.13 bits per heavy atom. The van der Waals surface area contributed by atoms with Crippen LogP contribution in [0.3, 0.4) is 0 Å². The summed E-state index contributed by atoms with van der Waals surface area (Å²) in [6.07, 6.45) is 2.03. The van der Waals surface area contributed by atoms with Crippen LogP contribution in [0.4, 0.5) is 32.8 Å². The van der Waals surface area contributed by atoms with Crippen LogP contribution in [0.15, 0.2) is 131 Å². The molecule has 0 bridgehead atoms. The number of hydrogen-bond donors (Lipinski definition) is 2. The van der Waals surface area contributed by atoms with Gasteiger partial charge in [0.1, 0.15) is 5.75 Å². The second-order valence-corrected chi connectivity index (χ2v) is 16.9. The first-order chi connectivity index (χ1) is 29.8. The number of nitrogens with zero attached hydrogens (tertiary/aromatic N) is 5. The summed E-state index contributed by atoms with van der Waals surface area (Å²) in [6.45, 7) is 0. The second-order valence-electron chi connectivity index (χ2n) is 16.1. The highest BCUT2D eigenvalue weighted by atomic mass is 35.5. The number of methoxy groups -OCH3 is 1. The van der Waals surface area contributed by atoms with Gasteiger partial charge in [0.05, 0.1) is 58.1 Å². The fourth-order valence-electron chi connectivity index (χ4n) is 9.78. The van der Waals surface area contributed by atoms with Gasteiger partial charge in [0.2, 0.25) is 11.8 Å². The first kappa shape index (κ1) is 40.8. The summed E-state index contributed by atoms with van der Waals surface area (Å²) in [7, 11) is 5.40. The SMILES string of the molecule is COc1ccc(C23C(=O)N(Nc4ccc(Cl)cc4Cl)C(=O)C2CC2C(=CCC4C(=O)N(c5ccc(N=Nc6ccc(N(C)C)cc6)cc5)C(=O)C42)C3c2ccc(O)c(F)c2)cc1. The summed E-state index contributed by atoms with van der Waals surface area (Å²) in [5.41, 5.74) is 5.40. The molecule has 2 N–H and O–H groups in total. The molecular formula is C47H39Cl2FN6O6. The molecule has 9 rings (SSSR count). The third kappa shape index (κ3) is 6.58. The van der Waals surface area contributed by atoms with E-state index < -0.39 is 64.3 Å². The van der Waals surface area contributed by atoms with Crippen LogP contribution >= 0.6 is 23.2 Å². The molecule has 314 valence electrons. The van der Waals surface area contributed by atoms with Crippen LogP contribution in [-0.2, 0) is 24.6 Å². The molecule has 6 atom stereocenters. The Morgan fingerprint density at radius 2 is 1.50 bits per heavy atom. The van der Waals surface area contributed by atoms with E-state index in [2.05, 4.69) is 15.7 Å². The van der Waals surface area contributed by atoms with E-state index in [0.717, 1.165) is 16.8 Å². The second kappa shape index (κ2) is 15.7. The number of nitrogens with one attached hydrogen (secondary N) is 1. The number of imide groups is 2. The number of hydrazine groups is 1. The van der Waals surface area contributed by atoms with Gasteiger partial charge in [0.15, 0.2) is 11.6 Å². The summed E-state index contributed by atoms with van der Waals surface area (Å²) in [4.78, 5) is 62.7. The van der Waals surface area contributed by atoms with E-state index in [-0.39, 0.29) is 29.5 Å². The topological polar surface area (TPSA) is 144 Å². The van der Waals surface area contributed by atoms with Crippen molar-refractivity contribution in [1.29, 1.82) is 0 Å². The molecule has 6 unspecified atom stereocenters. The van der Waals surface area contributed by atoms with Gasteiger partial charge in [-0.05, 0) is 121 Å². The summed E-state index contributed by atoms with van der Waals surface area (Å²) in [5, 5.41) is 20.4. The van der Waals surface area contributed by atoms with Crippen molar-refractivity contribution >= 4 is 75.3 Å². The lowest BCUT2D eigenvalue weighted by atomic mass is 9.49. The number of phenolic OH excluding ortho intramolecular Hbond substituents is 1. The maximum Gasteiger partial charge on any atom is 0.260 e. The largest absolute Gasteiger partial charge is 0.505 e. The van der Waals surface area contributed by atoms with E-state index in [4.69, 9.17) is 27.9 Å². The number of rotatable bonds is 9. The fourth-order valence-corrected chi connectivity index (χ4v) is 10.2. The lowest BCUT2D eigenvalue weighted by Gasteiger charge is -2.50. The van der Waals surface area contributed by atoms with Crippen LogP contribution < -0.4 is 20.0 Å². The highest BCUT2D eigenvalue weighted by molar-refractivity contribution is 6.36. The molecule has 4 amide bonds. The van der Waals surface area contributed by atoms with Gasteiger partial charge in [0.25, 0.3) is 11.8 Å². The zero-order valence-corrected chi connectivity index (χ0v) is 35.1. The van der Waals surface area contributed by atoms with Crippen molar-refractivity contribution in [2.75, 3.05) is 36.4 Å². The van der Waals surface area contributed by atoms with Crippen LogP contribution in [0.2, 0.25) is 10.0 Å². The zero-order chi connectivity index (χ0) is 43.6. The van der Waals surface area contributed by atoms with Crippen LogP contribution in [0.5, 0.6) is 11.5 Å². The molecule has 5 aromatic carbocycles. The smallest absolute Gasteiger partial charge is 0.260 e. The van der Waals surface area contributed by atoms with Crippen molar-refractivity contribution in [3.63, 3.8) is 0 Å². The minimum Gasteiger partial charge on any atom is -0.505 e. The average molecular weight is 874 g/mol. The molecule has 5 aromatic rings. The molecule has 0 aromatic heterocycles. The molecule has 2 aliphatic heterocycles. The number of amides is 4. The molecular weight excluding hydrogens is 834 g/mol. The summed E-state index contributed by atoms with van der Waals surface area (Å²) < 4.78 is 21.0. The van der Waals surface area contributed by atoms with Gasteiger partial charge in [-0.1, -0.05) is 53.1 Å². The van der Waals surface area contributed by atoms with Crippen LogP contribution in [-0.4, -0.2) is 54.9 Å². The number of allylic oxidation sites excluding steroid dienone is 2. The summed E-state index contributed by atoms with van der Waals surface area (Å²) in [5.74, 6) is -7.62. The number of phenols is 1. The molecule has 3 fully saturated rings. The van der Waals surface area contributed by atoms with E-state index in [1.54, 1.807) is 60.7 Å². The Balaban J connectivity index is 1.11. The van der Waals surface area contributed by atoms with E-state index in [0.29, 0.717) is 44.5 Å². The Labute approximate surface area is 366 Å². The third-order valence-electron chi connectivity index (χ3n) is 12.6. The predicted octanol–water partition coefficient (Wildman–Crippen LogP) is 9.52. The Morgan fingerprint density at radius 1 is 0.823 bits per heavy atom. The van der Waals surface area contributed by atoms with Crippen LogP contribution in [0.25, 0.3) is 0 Å². The summed E-state index contributed by atoms with van der Waals surface area (Å²) >= 11 is 12.7. The number of ether oxygens (including phenoxy) is 1. The molecule has 12 nitrogen and oxygen atoms in total. The maximum absolute atomic E-state index is 15.5. The number of hydrogen-bond acceptors (Lipinski definition) is 10. The third-order valence-corrected chi connectivity index (χ3v) is 13.2. The predicted molar refractivity (Wildman–Crippen MR) is 233 cm³/mol. The number of fused-ring (bicyclic) bond motifs is 4. The van der Waals surface area contributed by atoms with Crippen molar-refractivity contribution in [3.05, 3.63) is 148 Å². The number of azo groups is 1. The Hall–Kier alpha value is -6.57. The quantitative estimate of drug-likeness (QED) is 0.0847. The molecule has 0 spiro atoms. The Bertz CT molecular complexity index is 2710. The zero-order valence-electron chi connectivity index (χ0n) is 33.6. The molecule has 4 aliphatic rings. The monoisotopic (exact) mass is 872 g/mol. The fraction of sp³-hybridized carbons (Fsp3) is 0.234. The molecule has 2 saturated heterocycles. The lowest BCUT2D eigenvalue weighted by Crippen LogP contribution is -2.53. The number of halogens is 3. The molecule has 15 heteroatoms. The normalized spacial score (nSPS) is 24.2. The number of anilines is 3. The van der Waals surface area contributed by atoms with E-state index in [1.807, 2.05) is 49.3 Å². The van der Waals surface area contributed by atoms with E-state index in [9.17, 15) is 19.5 Å². The first-order valence-electron chi connectivity index (χ1n) is 19.9. The molecule has 2 aliphatic carbocycles. The van der Waals surface area contributed by atoms with Gasteiger partial charge in [-0.15, -0.1) is 0 Å². The molecule has 1 saturated carbocycles. The molecule has 2 heterocycles. The minimum atomic E-state index is -1.70. The number of carbonyl (C=O) groups excluding carboxylic acids is 4. The highest BCUT2D eigenvalue weighted by Gasteiger charge is 2.70. The number of aromatic hydroxyl groups is 1. The molecule has 62 heavy (non-hydrogen) atoms. The summed E-state index contributed by atoms with van der Waals surface area (Å²) in [6, 6.07) is 29.5. The standard InChI is InChI=1S/C47H39Cl2FN6O6/c1-54(2)30-12-8-28(9-13-30)51-52-29-10-14-31(15-11-29)55-43(58)34-19-18-33-35(41(34)45(55)60)24-36-44(59)56(53-39-20-7-27(48)23-37(39)49)46(61)47(36,26-5-16-32(62-3)17-6-26)42(33)25-4-21-40(57)38(50)22-25/h4-18,20-23,34-36,41-42,53,57H,19,24H2,1-3H3. The molecule has 0 radical (unpaired) electrons. The number of carbonyl (C=O) groups is 4. The van der Waals surface area contributed by atoms with Crippen molar-refractivity contribution in [2.45, 2.75) is 24.2 Å². The van der Waals surface area contributed by atoms with Crippen molar-refractivity contribution in [1.82, 2.24) is 5.01 Å². The van der Waals surface area contributed by atoms with Gasteiger partial charge in [-0.3, -0.25) is 29.5 Å². The van der Waals surface area contributed by atoms with Crippen molar-refractivity contribution < 1.29 is 33.4 Å². The van der Waals surface area contributed by atoms with Gasteiger partial charge in [0, 0.05) is 30.7 Å². The van der Waals surface area contributed by atoms with Gasteiger partial charge < -0.3 is 14.7 Å². The number of benzene rings is 5. The van der Waals surface area contributed by atoms with Gasteiger partial charge >= 0.3 is 0 Å². The van der Waals surface area contributed by atoms with Crippen molar-refractivity contribution in [3.8, 4) is 11.5 Å². The maximum atomic E-state index is 15.5. The highest BCUT2D eigenvalue weighted by Crippen LogP contribution is 2.64. The lowest BCUT2D eigenvalue weighted by molar-refractivity contribution is -0.138. The van der Waals surface area contributed by atoms with E-state index >= 15 is 9.18 Å². The average Bonchev–Trinajstić information content (AvgIpc) is 3.65. The van der Waals surface area contributed by atoms with Crippen molar-refractivity contribution in [2.24, 2.45) is 33.9 Å². The van der Waals surface area contributed by atoms with Crippen LogP contribution in [0, 0.1) is 29.5 Å². The van der Waals surface area contributed by atoms with Gasteiger partial charge in [-0.25, -0.2) is 4.39 Å². The first-order valence-corrected chi connectivity index (χ1v) is 20.7. The van der Waals surface area contributed by atoms with E-state index in [1.165, 1.54) is 30.2 Å². The Kier molecular flexibility index (Phi) is 10.3. The minimum absolute atomic E-state index is 0.00883.